The molecular weight excluding hydrogens is 370 g/mol. The van der Waals surface area contributed by atoms with Gasteiger partial charge in [-0.1, -0.05) is 24.0 Å². The van der Waals surface area contributed by atoms with Crippen LogP contribution in [-0.4, -0.2) is 44.7 Å². The zero-order valence-corrected chi connectivity index (χ0v) is 16.4. The van der Waals surface area contributed by atoms with Gasteiger partial charge >= 0.3 is 0 Å². The number of rotatable bonds is 6. The van der Waals surface area contributed by atoms with E-state index in [9.17, 15) is 4.79 Å². The molecule has 0 fully saturated rings. The third-order valence-corrected chi connectivity index (χ3v) is 5.69. The lowest BCUT2D eigenvalue weighted by atomic mass is 10.1. The Bertz CT molecular complexity index is 768. The van der Waals surface area contributed by atoms with Gasteiger partial charge in [-0.05, 0) is 38.1 Å². The first-order valence-corrected chi connectivity index (χ1v) is 9.91. The standard InChI is InChI=1S/C18H21N3O3S2/c1-3-20(4-2)18(25)26-12-17(22)21-14(16-8-6-10-24-16)11-13(19-21)15-7-5-9-23-15/h5-10,14H,3-4,11-12H2,1-2H3. The maximum absolute atomic E-state index is 12.8. The molecule has 1 unspecified atom stereocenters. The Morgan fingerprint density at radius 1 is 1.31 bits per heavy atom. The third-order valence-electron chi connectivity index (χ3n) is 4.18. The molecule has 1 aliphatic heterocycles. The van der Waals surface area contributed by atoms with E-state index >= 15 is 0 Å². The summed E-state index contributed by atoms with van der Waals surface area (Å²) in [7, 11) is 0. The minimum absolute atomic E-state index is 0.104. The van der Waals surface area contributed by atoms with Gasteiger partial charge in [0.1, 0.15) is 27.6 Å². The molecule has 2 aromatic heterocycles. The minimum atomic E-state index is -0.264. The van der Waals surface area contributed by atoms with E-state index in [1.54, 1.807) is 12.5 Å². The third kappa shape index (κ3) is 4.02. The summed E-state index contributed by atoms with van der Waals surface area (Å²) >= 11 is 6.78. The predicted octanol–water partition coefficient (Wildman–Crippen LogP) is 3.91. The summed E-state index contributed by atoms with van der Waals surface area (Å²) in [6, 6.07) is 7.06. The molecule has 0 aliphatic carbocycles. The van der Waals surface area contributed by atoms with Crippen molar-refractivity contribution >= 4 is 39.9 Å². The number of thioether (sulfide) groups is 1. The second-order valence-electron chi connectivity index (χ2n) is 5.72. The van der Waals surface area contributed by atoms with E-state index in [4.69, 9.17) is 21.1 Å². The van der Waals surface area contributed by atoms with Crippen molar-refractivity contribution in [3.05, 3.63) is 48.3 Å². The predicted molar refractivity (Wildman–Crippen MR) is 106 cm³/mol. The molecule has 8 heteroatoms. The Hall–Kier alpha value is -2.06. The Morgan fingerprint density at radius 2 is 2.04 bits per heavy atom. The summed E-state index contributed by atoms with van der Waals surface area (Å²) in [6.07, 6.45) is 3.76. The number of carbonyl (C=O) groups is 1. The highest BCUT2D eigenvalue weighted by molar-refractivity contribution is 8.23. The van der Waals surface area contributed by atoms with Crippen molar-refractivity contribution in [1.82, 2.24) is 9.91 Å². The van der Waals surface area contributed by atoms with Gasteiger partial charge in [0, 0.05) is 19.5 Å². The van der Waals surface area contributed by atoms with Crippen molar-refractivity contribution in [3.63, 3.8) is 0 Å². The lowest BCUT2D eigenvalue weighted by molar-refractivity contribution is -0.130. The average Bonchev–Trinajstić information content (AvgIpc) is 3.40. The molecule has 0 spiro atoms. The highest BCUT2D eigenvalue weighted by Crippen LogP contribution is 2.33. The number of nitrogens with zero attached hydrogens (tertiary/aromatic N) is 3. The summed E-state index contributed by atoms with van der Waals surface area (Å²) in [4.78, 5) is 14.9. The van der Waals surface area contributed by atoms with Crippen LogP contribution in [0.25, 0.3) is 0 Å². The van der Waals surface area contributed by atoms with Crippen LogP contribution >= 0.6 is 24.0 Å². The van der Waals surface area contributed by atoms with Crippen LogP contribution in [0.5, 0.6) is 0 Å². The topological polar surface area (TPSA) is 62.2 Å². The Morgan fingerprint density at radius 3 is 2.65 bits per heavy atom. The van der Waals surface area contributed by atoms with Gasteiger partial charge in [-0.3, -0.25) is 4.79 Å². The summed E-state index contributed by atoms with van der Waals surface area (Å²) in [5.41, 5.74) is 0.737. The number of thiocarbonyl (C=S) groups is 1. The Kier molecular flexibility index (Phi) is 6.16. The number of amides is 1. The van der Waals surface area contributed by atoms with E-state index in [2.05, 4.69) is 10.0 Å². The van der Waals surface area contributed by atoms with Crippen LogP contribution in [-0.2, 0) is 4.79 Å². The van der Waals surface area contributed by atoms with Crippen LogP contribution in [0.2, 0.25) is 0 Å². The van der Waals surface area contributed by atoms with Crippen LogP contribution < -0.4 is 0 Å². The van der Waals surface area contributed by atoms with Crippen molar-refractivity contribution in [2.24, 2.45) is 5.10 Å². The molecular formula is C18H21N3O3S2. The quantitative estimate of drug-likeness (QED) is 0.696. The van der Waals surface area contributed by atoms with Gasteiger partial charge in [-0.25, -0.2) is 5.01 Å². The zero-order valence-electron chi connectivity index (χ0n) is 14.8. The van der Waals surface area contributed by atoms with Crippen molar-refractivity contribution < 1.29 is 13.6 Å². The van der Waals surface area contributed by atoms with Gasteiger partial charge in [0.05, 0.1) is 18.3 Å². The van der Waals surface area contributed by atoms with Crippen LogP contribution in [0.1, 0.15) is 37.8 Å². The molecule has 3 heterocycles. The molecule has 0 radical (unpaired) electrons. The molecule has 1 amide bonds. The zero-order chi connectivity index (χ0) is 18.5. The average molecular weight is 392 g/mol. The summed E-state index contributed by atoms with van der Waals surface area (Å²) in [5.74, 6) is 1.51. The second-order valence-corrected chi connectivity index (χ2v) is 7.33. The van der Waals surface area contributed by atoms with Gasteiger partial charge in [0.15, 0.2) is 0 Å². The van der Waals surface area contributed by atoms with Gasteiger partial charge in [0.25, 0.3) is 5.91 Å². The molecule has 0 N–H and O–H groups in total. The largest absolute Gasteiger partial charge is 0.467 e. The van der Waals surface area contributed by atoms with Crippen LogP contribution in [0, 0.1) is 0 Å². The first-order chi connectivity index (χ1) is 12.6. The normalized spacial score (nSPS) is 16.6. The SMILES string of the molecule is CCN(CC)C(=S)SCC(=O)N1N=C(c2ccco2)CC1c1ccco1. The molecule has 1 atom stereocenters. The van der Waals surface area contributed by atoms with Crippen molar-refractivity contribution in [1.29, 1.82) is 0 Å². The number of hydrogen-bond donors (Lipinski definition) is 0. The summed E-state index contributed by atoms with van der Waals surface area (Å²) in [6.45, 7) is 5.75. The molecule has 0 aromatic carbocycles. The van der Waals surface area contributed by atoms with Gasteiger partial charge in [-0.15, -0.1) is 0 Å². The highest BCUT2D eigenvalue weighted by atomic mass is 32.2. The fourth-order valence-electron chi connectivity index (χ4n) is 2.80. The van der Waals surface area contributed by atoms with E-state index < -0.39 is 0 Å². The maximum atomic E-state index is 12.8. The number of hydrogen-bond acceptors (Lipinski definition) is 6. The van der Waals surface area contributed by atoms with Crippen LogP contribution in [0.4, 0.5) is 0 Å². The smallest absolute Gasteiger partial charge is 0.253 e. The minimum Gasteiger partial charge on any atom is -0.467 e. The van der Waals surface area contributed by atoms with E-state index in [1.807, 2.05) is 38.1 Å². The van der Waals surface area contributed by atoms with Crippen molar-refractivity contribution in [2.75, 3.05) is 18.8 Å². The van der Waals surface area contributed by atoms with Crippen molar-refractivity contribution in [3.8, 4) is 0 Å². The fraction of sp³-hybridized carbons (Fsp3) is 0.389. The van der Waals surface area contributed by atoms with E-state index in [0.717, 1.165) is 23.1 Å². The van der Waals surface area contributed by atoms with Crippen LogP contribution in [0.15, 0.2) is 50.7 Å². The first kappa shape index (κ1) is 18.7. The van der Waals surface area contributed by atoms with Gasteiger partial charge in [0.2, 0.25) is 0 Å². The molecule has 138 valence electrons. The molecule has 0 saturated carbocycles. The Labute approximate surface area is 162 Å². The molecule has 2 aromatic rings. The maximum Gasteiger partial charge on any atom is 0.253 e. The lowest BCUT2D eigenvalue weighted by Crippen LogP contribution is -2.31. The van der Waals surface area contributed by atoms with Crippen molar-refractivity contribution in [2.45, 2.75) is 26.3 Å². The number of hydrazone groups is 1. The monoisotopic (exact) mass is 391 g/mol. The Balaban J connectivity index is 1.73. The van der Waals surface area contributed by atoms with E-state index in [0.29, 0.717) is 17.9 Å². The lowest BCUT2D eigenvalue weighted by Gasteiger charge is -2.22. The van der Waals surface area contributed by atoms with Crippen LogP contribution in [0.3, 0.4) is 0 Å². The van der Waals surface area contributed by atoms with Gasteiger partial charge in [-0.2, -0.15) is 5.10 Å². The first-order valence-electron chi connectivity index (χ1n) is 8.52. The summed E-state index contributed by atoms with van der Waals surface area (Å²) in [5, 5.41) is 6.00. The molecule has 0 bridgehead atoms. The molecule has 0 saturated heterocycles. The number of carbonyl (C=O) groups excluding carboxylic acids is 1. The van der Waals surface area contributed by atoms with E-state index in [1.165, 1.54) is 16.8 Å². The summed E-state index contributed by atoms with van der Waals surface area (Å²) < 4.78 is 11.7. The fourth-order valence-corrected chi connectivity index (χ4v) is 4.05. The molecule has 1 aliphatic rings. The van der Waals surface area contributed by atoms with E-state index in [-0.39, 0.29) is 17.7 Å². The highest BCUT2D eigenvalue weighted by Gasteiger charge is 2.35. The molecule has 6 nitrogen and oxygen atoms in total. The molecule has 26 heavy (non-hydrogen) atoms. The second kappa shape index (κ2) is 8.55. The van der Waals surface area contributed by atoms with Gasteiger partial charge < -0.3 is 13.7 Å². The molecule has 3 rings (SSSR count). The number of furan rings is 2.